The predicted octanol–water partition coefficient (Wildman–Crippen LogP) is 5.51. The van der Waals surface area contributed by atoms with Crippen molar-refractivity contribution in [2.45, 2.75) is 0 Å². The molecule has 0 spiro atoms. The second-order valence-electron chi connectivity index (χ2n) is 5.62. The van der Waals surface area contributed by atoms with Gasteiger partial charge in [-0.3, -0.25) is 4.57 Å². The molecule has 0 unspecified atom stereocenters. The van der Waals surface area contributed by atoms with Gasteiger partial charge in [-0.15, -0.1) is 0 Å². The van der Waals surface area contributed by atoms with Crippen LogP contribution in [0.15, 0.2) is 91.1 Å². The van der Waals surface area contributed by atoms with Crippen molar-refractivity contribution < 1.29 is 9.53 Å². The van der Waals surface area contributed by atoms with E-state index >= 15 is 0 Å². The molecule has 4 aromatic rings. The Kier molecular flexibility index (Phi) is 3.92. The lowest BCUT2D eigenvalue weighted by atomic mass is 10.2. The zero-order chi connectivity index (χ0) is 17.1. The van der Waals surface area contributed by atoms with Crippen LogP contribution in [0.5, 0.6) is 11.5 Å². The van der Waals surface area contributed by atoms with Crippen molar-refractivity contribution in [3.8, 4) is 11.5 Å². The topological polar surface area (TPSA) is 43.3 Å². The number of hydrogen-bond donors (Lipinski definition) is 1. The molecule has 0 bridgehead atoms. The third-order valence-corrected chi connectivity index (χ3v) is 3.88. The van der Waals surface area contributed by atoms with Gasteiger partial charge in [-0.05, 0) is 36.4 Å². The molecule has 0 atom stereocenters. The number of para-hydroxylation sites is 2. The van der Waals surface area contributed by atoms with Crippen molar-refractivity contribution >= 4 is 22.6 Å². The molecule has 1 amide bonds. The van der Waals surface area contributed by atoms with E-state index in [9.17, 15) is 4.79 Å². The average molecular weight is 328 g/mol. The van der Waals surface area contributed by atoms with Gasteiger partial charge in [-0.25, -0.2) is 4.79 Å². The molecule has 25 heavy (non-hydrogen) atoms. The third kappa shape index (κ3) is 3.23. The summed E-state index contributed by atoms with van der Waals surface area (Å²) in [6, 6.07) is 26.4. The highest BCUT2D eigenvalue weighted by atomic mass is 16.5. The summed E-state index contributed by atoms with van der Waals surface area (Å²) in [6.45, 7) is 0. The standard InChI is InChI=1S/C21H16N2O2/c24-21(23-14-13-16-7-4-5-12-20(16)23)22-17-8-6-11-19(15-17)25-18-9-2-1-3-10-18/h1-15H,(H,22,24). The third-order valence-electron chi connectivity index (χ3n) is 3.88. The van der Waals surface area contributed by atoms with Gasteiger partial charge in [0, 0.05) is 23.3 Å². The second-order valence-corrected chi connectivity index (χ2v) is 5.62. The van der Waals surface area contributed by atoms with E-state index in [1.807, 2.05) is 78.9 Å². The number of anilines is 1. The maximum absolute atomic E-state index is 12.6. The Morgan fingerprint density at radius 2 is 1.56 bits per heavy atom. The molecule has 0 saturated heterocycles. The van der Waals surface area contributed by atoms with Gasteiger partial charge in [0.25, 0.3) is 0 Å². The molecule has 0 aliphatic rings. The van der Waals surface area contributed by atoms with E-state index in [0.717, 1.165) is 16.7 Å². The number of fused-ring (bicyclic) bond motifs is 1. The molecule has 0 aliphatic carbocycles. The molecule has 0 fully saturated rings. The maximum Gasteiger partial charge on any atom is 0.330 e. The number of carbonyl (C=O) groups is 1. The van der Waals surface area contributed by atoms with Gasteiger partial charge < -0.3 is 10.1 Å². The van der Waals surface area contributed by atoms with Gasteiger partial charge >= 0.3 is 6.03 Å². The first-order chi connectivity index (χ1) is 12.3. The van der Waals surface area contributed by atoms with Crippen LogP contribution in [0.3, 0.4) is 0 Å². The molecule has 4 heteroatoms. The molecular weight excluding hydrogens is 312 g/mol. The number of nitrogens with one attached hydrogen (secondary N) is 1. The molecule has 0 radical (unpaired) electrons. The molecule has 3 aromatic carbocycles. The Hall–Kier alpha value is -3.53. The average Bonchev–Trinajstić information content (AvgIpc) is 3.07. The number of amides is 1. The molecular formula is C21H16N2O2. The SMILES string of the molecule is O=C(Nc1cccc(Oc2ccccc2)c1)n1ccc2ccccc21. The highest BCUT2D eigenvalue weighted by molar-refractivity contribution is 5.98. The van der Waals surface area contributed by atoms with E-state index in [1.165, 1.54) is 0 Å². The van der Waals surface area contributed by atoms with Gasteiger partial charge in [0.05, 0.1) is 5.52 Å². The number of carbonyl (C=O) groups excluding carboxylic acids is 1. The molecule has 4 nitrogen and oxygen atoms in total. The van der Waals surface area contributed by atoms with Crippen LogP contribution in [-0.4, -0.2) is 10.6 Å². The number of hydrogen-bond acceptors (Lipinski definition) is 2. The van der Waals surface area contributed by atoms with E-state index in [4.69, 9.17) is 4.74 Å². The Morgan fingerprint density at radius 1 is 0.800 bits per heavy atom. The first-order valence-electron chi connectivity index (χ1n) is 8.00. The largest absolute Gasteiger partial charge is 0.457 e. The minimum Gasteiger partial charge on any atom is -0.457 e. The second kappa shape index (κ2) is 6.53. The van der Waals surface area contributed by atoms with Gasteiger partial charge in [-0.2, -0.15) is 0 Å². The van der Waals surface area contributed by atoms with E-state index in [-0.39, 0.29) is 6.03 Å². The predicted molar refractivity (Wildman–Crippen MR) is 99.3 cm³/mol. The summed E-state index contributed by atoms with van der Waals surface area (Å²) in [6.07, 6.45) is 1.77. The van der Waals surface area contributed by atoms with Crippen molar-refractivity contribution in [3.63, 3.8) is 0 Å². The molecule has 1 heterocycles. The summed E-state index contributed by atoms with van der Waals surface area (Å²) in [5, 5.41) is 3.93. The number of rotatable bonds is 3. The minimum atomic E-state index is -0.210. The van der Waals surface area contributed by atoms with E-state index in [0.29, 0.717) is 11.4 Å². The van der Waals surface area contributed by atoms with Crippen LogP contribution < -0.4 is 10.1 Å². The first kappa shape index (κ1) is 15.0. The molecule has 1 N–H and O–H groups in total. The van der Waals surface area contributed by atoms with Crippen LogP contribution in [0.25, 0.3) is 10.9 Å². The van der Waals surface area contributed by atoms with Gasteiger partial charge in [-0.1, -0.05) is 42.5 Å². The molecule has 0 aliphatic heterocycles. The zero-order valence-electron chi connectivity index (χ0n) is 13.4. The van der Waals surface area contributed by atoms with Crippen LogP contribution in [0, 0.1) is 0 Å². The summed E-state index contributed by atoms with van der Waals surface area (Å²) in [4.78, 5) is 12.6. The number of nitrogens with zero attached hydrogens (tertiary/aromatic N) is 1. The van der Waals surface area contributed by atoms with E-state index in [2.05, 4.69) is 5.32 Å². The number of benzene rings is 3. The summed E-state index contributed by atoms with van der Waals surface area (Å²) >= 11 is 0. The fourth-order valence-electron chi connectivity index (χ4n) is 2.71. The minimum absolute atomic E-state index is 0.210. The fraction of sp³-hybridized carbons (Fsp3) is 0. The molecule has 0 saturated carbocycles. The van der Waals surface area contributed by atoms with Crippen LogP contribution >= 0.6 is 0 Å². The molecule has 1 aromatic heterocycles. The zero-order valence-corrected chi connectivity index (χ0v) is 13.4. The van der Waals surface area contributed by atoms with Crippen molar-refractivity contribution in [2.24, 2.45) is 0 Å². The normalized spacial score (nSPS) is 10.6. The van der Waals surface area contributed by atoms with Crippen LogP contribution in [0.1, 0.15) is 0 Å². The first-order valence-corrected chi connectivity index (χ1v) is 8.00. The smallest absolute Gasteiger partial charge is 0.330 e. The number of ether oxygens (including phenoxy) is 1. The lowest BCUT2D eigenvalue weighted by Crippen LogP contribution is -2.18. The summed E-state index contributed by atoms with van der Waals surface area (Å²) < 4.78 is 7.40. The highest BCUT2D eigenvalue weighted by Crippen LogP contribution is 2.24. The van der Waals surface area contributed by atoms with Gasteiger partial charge in [0.1, 0.15) is 11.5 Å². The highest BCUT2D eigenvalue weighted by Gasteiger charge is 2.09. The molecule has 4 rings (SSSR count). The van der Waals surface area contributed by atoms with Gasteiger partial charge in [0.15, 0.2) is 0 Å². The lowest BCUT2D eigenvalue weighted by molar-refractivity contribution is 0.254. The summed E-state index contributed by atoms with van der Waals surface area (Å²) in [7, 11) is 0. The van der Waals surface area contributed by atoms with E-state index < -0.39 is 0 Å². The Labute approximate surface area is 145 Å². The summed E-state index contributed by atoms with van der Waals surface area (Å²) in [5.74, 6) is 1.42. The number of aromatic nitrogens is 1. The van der Waals surface area contributed by atoms with Crippen molar-refractivity contribution in [2.75, 3.05) is 5.32 Å². The van der Waals surface area contributed by atoms with E-state index in [1.54, 1.807) is 16.8 Å². The molecule has 122 valence electrons. The Balaban J connectivity index is 1.54. The van der Waals surface area contributed by atoms with Gasteiger partial charge in [0.2, 0.25) is 0 Å². The summed E-state index contributed by atoms with van der Waals surface area (Å²) in [5.41, 5.74) is 1.55. The van der Waals surface area contributed by atoms with Crippen LogP contribution in [0.2, 0.25) is 0 Å². The maximum atomic E-state index is 12.6. The monoisotopic (exact) mass is 328 g/mol. The van der Waals surface area contributed by atoms with Crippen molar-refractivity contribution in [1.82, 2.24) is 4.57 Å². The fourth-order valence-corrected chi connectivity index (χ4v) is 2.71. The van der Waals surface area contributed by atoms with Crippen molar-refractivity contribution in [3.05, 3.63) is 91.1 Å². The van der Waals surface area contributed by atoms with Crippen molar-refractivity contribution in [1.29, 1.82) is 0 Å². The Bertz CT molecular complexity index is 1020. The van der Waals surface area contributed by atoms with Crippen LogP contribution in [0.4, 0.5) is 10.5 Å². The quantitative estimate of drug-likeness (QED) is 0.538. The Morgan fingerprint density at radius 3 is 2.44 bits per heavy atom. The van der Waals surface area contributed by atoms with Crippen LogP contribution in [-0.2, 0) is 0 Å². The lowest BCUT2D eigenvalue weighted by Gasteiger charge is -2.10.